The lowest BCUT2D eigenvalue weighted by Gasteiger charge is -2.32. The van der Waals surface area contributed by atoms with E-state index in [0.717, 1.165) is 6.42 Å². The standard InChI is InChI=1S/C19H23N5O3S/c1-14(2)22-11-18(21-12-22)28(26,27)23-9-5-6-15(10-23)24-13-20-17-8-4-3-7-16(17)19(24)25/h3-4,7-8,11-15H,5-6,9-10H2,1-2H3. The molecule has 0 radical (unpaired) electrons. The Hall–Kier alpha value is -2.52. The van der Waals surface area contributed by atoms with Crippen LogP contribution in [0.4, 0.5) is 0 Å². The van der Waals surface area contributed by atoms with E-state index >= 15 is 0 Å². The van der Waals surface area contributed by atoms with Crippen LogP contribution in [0.5, 0.6) is 0 Å². The number of benzene rings is 1. The minimum atomic E-state index is -3.71. The third kappa shape index (κ3) is 3.24. The van der Waals surface area contributed by atoms with Crippen LogP contribution in [-0.4, -0.2) is 44.9 Å². The second kappa shape index (κ2) is 7.14. The number of para-hydroxylation sites is 1. The molecule has 8 nitrogen and oxygen atoms in total. The predicted octanol–water partition coefficient (Wildman–Crippen LogP) is 2.20. The first-order valence-electron chi connectivity index (χ1n) is 9.37. The fraction of sp³-hybridized carbons (Fsp3) is 0.421. The molecule has 4 rings (SSSR count). The van der Waals surface area contributed by atoms with Crippen molar-refractivity contribution in [3.8, 4) is 0 Å². The maximum Gasteiger partial charge on any atom is 0.262 e. The van der Waals surface area contributed by atoms with E-state index in [1.807, 2.05) is 19.9 Å². The molecule has 1 atom stereocenters. The number of nitrogens with zero attached hydrogens (tertiary/aromatic N) is 5. The molecule has 1 aromatic carbocycles. The maximum atomic E-state index is 13.0. The first-order valence-corrected chi connectivity index (χ1v) is 10.8. The Bertz CT molecular complexity index is 1170. The number of piperidine rings is 1. The minimum absolute atomic E-state index is 0.0471. The Balaban J connectivity index is 1.64. The average Bonchev–Trinajstić information content (AvgIpc) is 3.20. The maximum absolute atomic E-state index is 13.0. The van der Waals surface area contributed by atoms with Gasteiger partial charge in [0.1, 0.15) is 0 Å². The van der Waals surface area contributed by atoms with Crippen LogP contribution < -0.4 is 5.56 Å². The average molecular weight is 401 g/mol. The molecule has 0 amide bonds. The van der Waals surface area contributed by atoms with Crippen LogP contribution in [-0.2, 0) is 10.0 Å². The molecule has 3 heterocycles. The highest BCUT2D eigenvalue weighted by atomic mass is 32.2. The molecular weight excluding hydrogens is 378 g/mol. The lowest BCUT2D eigenvalue weighted by atomic mass is 10.1. The molecule has 0 spiro atoms. The summed E-state index contributed by atoms with van der Waals surface area (Å²) in [4.78, 5) is 21.3. The van der Waals surface area contributed by atoms with Crippen molar-refractivity contribution in [1.29, 1.82) is 0 Å². The molecular formula is C19H23N5O3S. The van der Waals surface area contributed by atoms with Gasteiger partial charge in [0.25, 0.3) is 15.6 Å². The van der Waals surface area contributed by atoms with Crippen molar-refractivity contribution in [2.24, 2.45) is 0 Å². The first-order chi connectivity index (χ1) is 13.4. The molecule has 148 valence electrons. The van der Waals surface area contributed by atoms with Gasteiger partial charge in [0.15, 0.2) is 5.03 Å². The fourth-order valence-corrected chi connectivity index (χ4v) is 5.01. The van der Waals surface area contributed by atoms with Crippen LogP contribution in [0.1, 0.15) is 38.8 Å². The Morgan fingerprint density at radius 1 is 1.14 bits per heavy atom. The Kier molecular flexibility index (Phi) is 4.80. The summed E-state index contributed by atoms with van der Waals surface area (Å²) in [7, 11) is -3.71. The van der Waals surface area contributed by atoms with Crippen molar-refractivity contribution in [1.82, 2.24) is 23.4 Å². The Labute approximate surface area is 163 Å². The predicted molar refractivity (Wildman–Crippen MR) is 106 cm³/mol. The molecule has 1 unspecified atom stereocenters. The Morgan fingerprint density at radius 2 is 1.93 bits per heavy atom. The van der Waals surface area contributed by atoms with Gasteiger partial charge in [-0.3, -0.25) is 9.36 Å². The third-order valence-corrected chi connectivity index (χ3v) is 6.97. The summed E-state index contributed by atoms with van der Waals surface area (Å²) in [6.45, 7) is 4.59. The van der Waals surface area contributed by atoms with Gasteiger partial charge >= 0.3 is 0 Å². The number of sulfonamides is 1. The highest BCUT2D eigenvalue weighted by molar-refractivity contribution is 7.89. The van der Waals surface area contributed by atoms with Crippen molar-refractivity contribution in [3.05, 3.63) is 53.5 Å². The molecule has 0 saturated carbocycles. The van der Waals surface area contributed by atoms with Crippen LogP contribution in [0, 0.1) is 0 Å². The largest absolute Gasteiger partial charge is 0.334 e. The summed E-state index contributed by atoms with van der Waals surface area (Å²) in [6.07, 6.45) is 6.03. The van der Waals surface area contributed by atoms with E-state index in [2.05, 4.69) is 9.97 Å². The van der Waals surface area contributed by atoms with Gasteiger partial charge in [0.05, 0.1) is 29.6 Å². The third-order valence-electron chi connectivity index (χ3n) is 5.22. The lowest BCUT2D eigenvalue weighted by Crippen LogP contribution is -2.43. The Morgan fingerprint density at radius 3 is 2.68 bits per heavy atom. The van der Waals surface area contributed by atoms with E-state index in [-0.39, 0.29) is 29.2 Å². The van der Waals surface area contributed by atoms with E-state index in [1.54, 1.807) is 33.5 Å². The zero-order valence-corrected chi connectivity index (χ0v) is 16.7. The van der Waals surface area contributed by atoms with Gasteiger partial charge in [-0.2, -0.15) is 4.31 Å². The summed E-state index contributed by atoms with van der Waals surface area (Å²) >= 11 is 0. The normalized spacial score (nSPS) is 18.8. The summed E-state index contributed by atoms with van der Waals surface area (Å²) in [6, 6.07) is 7.07. The van der Waals surface area contributed by atoms with Gasteiger partial charge in [-0.15, -0.1) is 0 Å². The van der Waals surface area contributed by atoms with Gasteiger partial charge in [-0.05, 0) is 38.8 Å². The van der Waals surface area contributed by atoms with E-state index < -0.39 is 10.0 Å². The second-order valence-electron chi connectivity index (χ2n) is 7.39. The first kappa shape index (κ1) is 18.8. The SMILES string of the molecule is CC(C)n1cnc(S(=O)(=O)N2CCCC(n3cnc4ccccc4c3=O)C2)c1. The quantitative estimate of drug-likeness (QED) is 0.668. The summed E-state index contributed by atoms with van der Waals surface area (Å²) in [5.41, 5.74) is 0.502. The second-order valence-corrected chi connectivity index (χ2v) is 9.27. The van der Waals surface area contributed by atoms with Gasteiger partial charge in [-0.25, -0.2) is 18.4 Å². The molecule has 1 saturated heterocycles. The smallest absolute Gasteiger partial charge is 0.262 e. The van der Waals surface area contributed by atoms with Crippen molar-refractivity contribution in [2.45, 2.75) is 43.8 Å². The molecule has 1 aliphatic heterocycles. The van der Waals surface area contributed by atoms with Crippen molar-refractivity contribution in [2.75, 3.05) is 13.1 Å². The van der Waals surface area contributed by atoms with Gasteiger partial charge in [-0.1, -0.05) is 12.1 Å². The molecule has 28 heavy (non-hydrogen) atoms. The van der Waals surface area contributed by atoms with Crippen LogP contribution in [0.3, 0.4) is 0 Å². The molecule has 0 aliphatic carbocycles. The van der Waals surface area contributed by atoms with Gasteiger partial charge in [0.2, 0.25) is 0 Å². The zero-order chi connectivity index (χ0) is 19.9. The highest BCUT2D eigenvalue weighted by Crippen LogP contribution is 2.26. The molecule has 3 aromatic rings. The summed E-state index contributed by atoms with van der Waals surface area (Å²) in [5.74, 6) is 0. The topological polar surface area (TPSA) is 90.1 Å². The number of aromatic nitrogens is 4. The van der Waals surface area contributed by atoms with Gasteiger partial charge in [0, 0.05) is 25.3 Å². The number of hydrogen-bond acceptors (Lipinski definition) is 5. The molecule has 2 aromatic heterocycles. The number of fused-ring (bicyclic) bond motifs is 1. The van der Waals surface area contributed by atoms with E-state index in [4.69, 9.17) is 0 Å². The molecule has 9 heteroatoms. The van der Waals surface area contributed by atoms with Crippen molar-refractivity contribution < 1.29 is 8.42 Å². The minimum Gasteiger partial charge on any atom is -0.334 e. The summed E-state index contributed by atoms with van der Waals surface area (Å²) < 4.78 is 30.9. The lowest BCUT2D eigenvalue weighted by molar-refractivity contribution is 0.262. The van der Waals surface area contributed by atoms with Crippen LogP contribution >= 0.6 is 0 Å². The highest BCUT2D eigenvalue weighted by Gasteiger charge is 2.33. The van der Waals surface area contributed by atoms with E-state index in [0.29, 0.717) is 23.9 Å². The molecule has 0 bridgehead atoms. The fourth-order valence-electron chi connectivity index (χ4n) is 3.57. The van der Waals surface area contributed by atoms with E-state index in [1.165, 1.54) is 17.0 Å². The van der Waals surface area contributed by atoms with E-state index in [9.17, 15) is 13.2 Å². The van der Waals surface area contributed by atoms with Crippen LogP contribution in [0.2, 0.25) is 0 Å². The summed E-state index contributed by atoms with van der Waals surface area (Å²) in [5, 5.41) is 0.589. The van der Waals surface area contributed by atoms with Gasteiger partial charge < -0.3 is 4.57 Å². The van der Waals surface area contributed by atoms with Crippen LogP contribution in [0.15, 0.2) is 52.9 Å². The monoisotopic (exact) mass is 401 g/mol. The number of rotatable bonds is 4. The molecule has 1 aliphatic rings. The van der Waals surface area contributed by atoms with Crippen LogP contribution in [0.25, 0.3) is 10.9 Å². The van der Waals surface area contributed by atoms with Crippen molar-refractivity contribution in [3.63, 3.8) is 0 Å². The number of hydrogen-bond donors (Lipinski definition) is 0. The molecule has 0 N–H and O–H groups in total. The van der Waals surface area contributed by atoms with Crippen molar-refractivity contribution >= 4 is 20.9 Å². The zero-order valence-electron chi connectivity index (χ0n) is 15.9. The number of imidazole rings is 1. The molecule has 1 fully saturated rings.